The van der Waals surface area contributed by atoms with Crippen LogP contribution in [0.15, 0.2) is 218 Å². The van der Waals surface area contributed by atoms with Gasteiger partial charge in [0.2, 0.25) is 0 Å². The van der Waals surface area contributed by atoms with E-state index in [1.54, 1.807) is 0 Å². The van der Waals surface area contributed by atoms with Crippen LogP contribution in [0.25, 0.3) is 99.1 Å². The third kappa shape index (κ3) is 5.48. The normalized spacial score (nSPS) is 11.3. The van der Waals surface area contributed by atoms with E-state index in [9.17, 15) is 0 Å². The smallest absolute Gasteiger partial charge is 0.00261 e. The number of hydrogen-bond donors (Lipinski definition) is 0. The fourth-order valence-electron chi connectivity index (χ4n) is 8.42. The molecule has 252 valence electrons. The lowest BCUT2D eigenvalue weighted by Gasteiger charge is -2.20. The zero-order valence-electron chi connectivity index (χ0n) is 29.8. The van der Waals surface area contributed by atoms with E-state index in [0.717, 1.165) is 0 Å². The average molecular weight is 685 g/mol. The van der Waals surface area contributed by atoms with Crippen molar-refractivity contribution in [1.82, 2.24) is 0 Å². The maximum absolute atomic E-state index is 2.45. The van der Waals surface area contributed by atoms with Crippen molar-refractivity contribution in [2.24, 2.45) is 0 Å². The van der Waals surface area contributed by atoms with Crippen LogP contribution in [-0.2, 0) is 0 Å². The molecule has 0 saturated heterocycles. The highest BCUT2D eigenvalue weighted by Crippen LogP contribution is 2.47. The molecule has 0 bridgehead atoms. The Morgan fingerprint density at radius 3 is 1.22 bits per heavy atom. The van der Waals surface area contributed by atoms with E-state index in [1.165, 1.54) is 99.1 Å². The summed E-state index contributed by atoms with van der Waals surface area (Å²) in [5, 5.41) is 7.52. The zero-order chi connectivity index (χ0) is 35.8. The van der Waals surface area contributed by atoms with E-state index in [1.807, 2.05) is 0 Å². The van der Waals surface area contributed by atoms with Gasteiger partial charge < -0.3 is 0 Å². The van der Waals surface area contributed by atoms with Crippen LogP contribution in [0.2, 0.25) is 0 Å². The fraction of sp³-hybridized carbons (Fsp3) is 0. The van der Waals surface area contributed by atoms with Gasteiger partial charge in [0.15, 0.2) is 0 Å². The Kier molecular flexibility index (Phi) is 7.93. The highest BCUT2D eigenvalue weighted by atomic mass is 14.2. The molecule has 10 aromatic rings. The van der Waals surface area contributed by atoms with Gasteiger partial charge >= 0.3 is 0 Å². The lowest BCUT2D eigenvalue weighted by molar-refractivity contribution is 1.56. The fourth-order valence-corrected chi connectivity index (χ4v) is 8.42. The molecular weight excluding hydrogens is 649 g/mol. The van der Waals surface area contributed by atoms with Crippen LogP contribution in [0.5, 0.6) is 0 Å². The highest BCUT2D eigenvalue weighted by molar-refractivity contribution is 6.21. The molecule has 0 unspecified atom stereocenters. The summed E-state index contributed by atoms with van der Waals surface area (Å²) in [6.45, 7) is 0. The van der Waals surface area contributed by atoms with E-state index < -0.39 is 0 Å². The van der Waals surface area contributed by atoms with Crippen LogP contribution in [0, 0.1) is 0 Å². The zero-order valence-corrected chi connectivity index (χ0v) is 29.8. The van der Waals surface area contributed by atoms with Gasteiger partial charge in [0.1, 0.15) is 0 Å². The topological polar surface area (TPSA) is 0 Å². The number of hydrogen-bond acceptors (Lipinski definition) is 0. The maximum atomic E-state index is 2.45. The Morgan fingerprint density at radius 2 is 0.593 bits per heavy atom. The highest BCUT2D eigenvalue weighted by Gasteiger charge is 2.20. The lowest BCUT2D eigenvalue weighted by atomic mass is 9.83. The first-order valence-electron chi connectivity index (χ1n) is 18.7. The Balaban J connectivity index is 1.25. The maximum Gasteiger partial charge on any atom is -0.00261 e. The van der Waals surface area contributed by atoms with Crippen molar-refractivity contribution < 1.29 is 0 Å². The Bertz CT molecular complexity index is 2890. The van der Waals surface area contributed by atoms with Gasteiger partial charge in [-0.1, -0.05) is 212 Å². The molecule has 10 aromatic carbocycles. The monoisotopic (exact) mass is 684 g/mol. The summed E-state index contributed by atoms with van der Waals surface area (Å²) in [5.41, 5.74) is 14.7. The molecule has 0 fully saturated rings. The van der Waals surface area contributed by atoms with E-state index in [2.05, 4.69) is 218 Å². The second-order valence-electron chi connectivity index (χ2n) is 14.0. The van der Waals surface area contributed by atoms with Crippen LogP contribution < -0.4 is 0 Å². The van der Waals surface area contributed by atoms with Gasteiger partial charge in [0, 0.05) is 0 Å². The quantitative estimate of drug-likeness (QED) is 0.153. The van der Waals surface area contributed by atoms with E-state index in [-0.39, 0.29) is 0 Å². The third-order valence-electron chi connectivity index (χ3n) is 10.9. The van der Waals surface area contributed by atoms with E-state index in [4.69, 9.17) is 0 Å². The molecule has 0 atom stereocenters. The molecule has 0 amide bonds. The van der Waals surface area contributed by atoms with Gasteiger partial charge in [0.25, 0.3) is 0 Å². The minimum Gasteiger partial charge on any atom is -0.0622 e. The number of benzene rings is 10. The van der Waals surface area contributed by atoms with Crippen molar-refractivity contribution in [3.05, 3.63) is 218 Å². The van der Waals surface area contributed by atoms with Crippen molar-refractivity contribution in [3.8, 4) is 66.8 Å². The van der Waals surface area contributed by atoms with Crippen LogP contribution in [0.4, 0.5) is 0 Å². The minimum absolute atomic E-state index is 1.19. The molecular formula is C54H36. The molecule has 54 heavy (non-hydrogen) atoms. The summed E-state index contributed by atoms with van der Waals surface area (Å²) < 4.78 is 0. The number of fused-ring (bicyclic) bond motifs is 3. The first-order chi connectivity index (χ1) is 26.8. The molecule has 0 heteroatoms. The molecule has 0 radical (unpaired) electrons. The SMILES string of the molecule is c1ccc(-c2ccc(-c3ccc(-c4c5ccccc5c(-c5ccccc5)c5ccccc45)cc3-c3ccccc3-c3cccc4ccccc34)cc2)cc1. The molecule has 0 saturated carbocycles. The largest absolute Gasteiger partial charge is 0.0622 e. The molecule has 0 aliphatic carbocycles. The minimum atomic E-state index is 1.19. The van der Waals surface area contributed by atoms with Gasteiger partial charge in [0.05, 0.1) is 0 Å². The third-order valence-corrected chi connectivity index (χ3v) is 10.9. The van der Waals surface area contributed by atoms with Crippen molar-refractivity contribution in [3.63, 3.8) is 0 Å². The lowest BCUT2D eigenvalue weighted by Crippen LogP contribution is -1.94. The predicted molar refractivity (Wildman–Crippen MR) is 232 cm³/mol. The Hall–Kier alpha value is -7.02. The van der Waals surface area contributed by atoms with Gasteiger partial charge in [-0.15, -0.1) is 0 Å². The van der Waals surface area contributed by atoms with Crippen molar-refractivity contribution in [1.29, 1.82) is 0 Å². The van der Waals surface area contributed by atoms with Crippen LogP contribution >= 0.6 is 0 Å². The van der Waals surface area contributed by atoms with Gasteiger partial charge in [-0.2, -0.15) is 0 Å². The molecule has 0 heterocycles. The second kappa shape index (κ2) is 13.5. The van der Waals surface area contributed by atoms with Crippen LogP contribution in [0.3, 0.4) is 0 Å². The van der Waals surface area contributed by atoms with Crippen molar-refractivity contribution in [2.75, 3.05) is 0 Å². The average Bonchev–Trinajstić information content (AvgIpc) is 3.26. The van der Waals surface area contributed by atoms with Gasteiger partial charge in [-0.05, 0) is 105 Å². The second-order valence-corrected chi connectivity index (χ2v) is 14.0. The number of rotatable bonds is 6. The van der Waals surface area contributed by atoms with E-state index >= 15 is 0 Å². The molecule has 0 aliphatic heterocycles. The Labute approximate surface area is 316 Å². The van der Waals surface area contributed by atoms with Crippen molar-refractivity contribution in [2.45, 2.75) is 0 Å². The summed E-state index contributed by atoms with van der Waals surface area (Å²) in [6.07, 6.45) is 0. The first kappa shape index (κ1) is 31.7. The summed E-state index contributed by atoms with van der Waals surface area (Å²) >= 11 is 0. The summed E-state index contributed by atoms with van der Waals surface area (Å²) in [4.78, 5) is 0. The van der Waals surface area contributed by atoms with Gasteiger partial charge in [-0.3, -0.25) is 0 Å². The molecule has 0 nitrogen and oxygen atoms in total. The molecule has 0 spiro atoms. The van der Waals surface area contributed by atoms with Gasteiger partial charge in [-0.25, -0.2) is 0 Å². The summed E-state index contributed by atoms with van der Waals surface area (Å²) in [5.74, 6) is 0. The summed E-state index contributed by atoms with van der Waals surface area (Å²) in [6, 6.07) is 79.8. The standard InChI is InChI=1S/C54H36/c1-3-16-37(17-4-1)38-30-32-40(33-31-38)44-35-34-42(36-52(44)47-24-10-9-23-46(47)45-29-15-21-39-18-7-8-22-43(39)45)54-50-27-13-11-25-48(50)53(41-19-5-2-6-20-41)49-26-12-14-28-51(49)54/h1-36H. The van der Waals surface area contributed by atoms with E-state index in [0.29, 0.717) is 0 Å². The van der Waals surface area contributed by atoms with Crippen LogP contribution in [-0.4, -0.2) is 0 Å². The van der Waals surface area contributed by atoms with Crippen molar-refractivity contribution >= 4 is 32.3 Å². The Morgan fingerprint density at radius 1 is 0.185 bits per heavy atom. The predicted octanol–water partition coefficient (Wildman–Crippen LogP) is 15.1. The molecule has 0 aliphatic rings. The molecule has 10 rings (SSSR count). The van der Waals surface area contributed by atoms with Crippen LogP contribution in [0.1, 0.15) is 0 Å². The molecule has 0 N–H and O–H groups in total. The summed E-state index contributed by atoms with van der Waals surface area (Å²) in [7, 11) is 0. The molecule has 0 aromatic heterocycles. The first-order valence-corrected chi connectivity index (χ1v) is 18.7.